The fraction of sp³-hybridized carbons (Fsp3) is 0.263. The SMILES string of the molecule is CC(C)C[C@@H](NC(=O)c1cccc([N+](=O)[O-])c1)c1nc2ccccc2o1. The molecule has 0 bridgehead atoms. The molecular formula is C19H19N3O4. The first-order valence-corrected chi connectivity index (χ1v) is 8.35. The summed E-state index contributed by atoms with van der Waals surface area (Å²) in [4.78, 5) is 27.5. The predicted molar refractivity (Wildman–Crippen MR) is 96.8 cm³/mol. The van der Waals surface area contributed by atoms with Crippen LogP contribution in [0.15, 0.2) is 52.9 Å². The summed E-state index contributed by atoms with van der Waals surface area (Å²) in [7, 11) is 0. The first-order valence-electron chi connectivity index (χ1n) is 8.35. The number of non-ortho nitro benzene ring substituents is 1. The average molecular weight is 353 g/mol. The Labute approximate surface area is 150 Å². The molecule has 1 N–H and O–H groups in total. The van der Waals surface area contributed by atoms with Crippen LogP contribution in [0.3, 0.4) is 0 Å². The van der Waals surface area contributed by atoms with Crippen molar-refractivity contribution in [2.24, 2.45) is 5.92 Å². The molecule has 3 rings (SSSR count). The van der Waals surface area contributed by atoms with Crippen molar-refractivity contribution in [1.29, 1.82) is 0 Å². The molecule has 2 aromatic carbocycles. The van der Waals surface area contributed by atoms with Crippen molar-refractivity contribution in [3.05, 3.63) is 70.1 Å². The lowest BCUT2D eigenvalue weighted by Crippen LogP contribution is -2.29. The largest absolute Gasteiger partial charge is 0.438 e. The van der Waals surface area contributed by atoms with E-state index in [2.05, 4.69) is 10.3 Å². The Balaban J connectivity index is 1.87. The fourth-order valence-corrected chi connectivity index (χ4v) is 2.73. The number of nitro benzene ring substituents is 1. The zero-order valence-electron chi connectivity index (χ0n) is 14.5. The summed E-state index contributed by atoms with van der Waals surface area (Å²) in [6.45, 7) is 4.07. The molecule has 0 aliphatic rings. The van der Waals surface area contributed by atoms with Crippen LogP contribution in [0.1, 0.15) is 42.6 Å². The van der Waals surface area contributed by atoms with Crippen LogP contribution in [0, 0.1) is 16.0 Å². The van der Waals surface area contributed by atoms with Gasteiger partial charge in [-0.15, -0.1) is 0 Å². The van der Waals surface area contributed by atoms with Gasteiger partial charge in [-0.25, -0.2) is 4.98 Å². The van der Waals surface area contributed by atoms with Gasteiger partial charge in [-0.3, -0.25) is 14.9 Å². The number of amides is 1. The van der Waals surface area contributed by atoms with Crippen molar-refractivity contribution in [2.75, 3.05) is 0 Å². The monoisotopic (exact) mass is 353 g/mol. The van der Waals surface area contributed by atoms with Crippen molar-refractivity contribution in [3.8, 4) is 0 Å². The second kappa shape index (κ2) is 7.35. The van der Waals surface area contributed by atoms with Gasteiger partial charge >= 0.3 is 0 Å². The molecule has 1 atom stereocenters. The van der Waals surface area contributed by atoms with Crippen molar-refractivity contribution >= 4 is 22.7 Å². The lowest BCUT2D eigenvalue weighted by atomic mass is 10.0. The lowest BCUT2D eigenvalue weighted by Gasteiger charge is -2.17. The van der Waals surface area contributed by atoms with Crippen molar-refractivity contribution < 1.29 is 14.1 Å². The molecule has 1 aromatic heterocycles. The van der Waals surface area contributed by atoms with Crippen LogP contribution in [0.2, 0.25) is 0 Å². The number of oxazole rings is 1. The van der Waals surface area contributed by atoms with Gasteiger partial charge in [0.25, 0.3) is 11.6 Å². The second-order valence-corrected chi connectivity index (χ2v) is 6.48. The van der Waals surface area contributed by atoms with Gasteiger partial charge in [0, 0.05) is 17.7 Å². The normalized spacial score (nSPS) is 12.3. The van der Waals surface area contributed by atoms with Crippen molar-refractivity contribution in [3.63, 3.8) is 0 Å². The van der Waals surface area contributed by atoms with E-state index in [9.17, 15) is 14.9 Å². The Kier molecular flexibility index (Phi) is 4.97. The van der Waals surface area contributed by atoms with Crippen LogP contribution >= 0.6 is 0 Å². The van der Waals surface area contributed by atoms with Crippen LogP contribution in [0.5, 0.6) is 0 Å². The second-order valence-electron chi connectivity index (χ2n) is 6.48. The standard InChI is InChI=1S/C19H19N3O4/c1-12(2)10-16(19-21-15-8-3-4-9-17(15)26-19)20-18(23)13-6-5-7-14(11-13)22(24)25/h3-9,11-12,16H,10H2,1-2H3,(H,20,23)/t16-/m1/s1. The van der Waals surface area contributed by atoms with E-state index in [1.165, 1.54) is 18.2 Å². The Bertz CT molecular complexity index is 916. The number of nitrogens with zero attached hydrogens (tertiary/aromatic N) is 2. The van der Waals surface area contributed by atoms with E-state index in [0.29, 0.717) is 23.8 Å². The van der Waals surface area contributed by atoms with E-state index in [1.807, 2.05) is 38.1 Å². The molecule has 0 spiro atoms. The van der Waals surface area contributed by atoms with Crippen LogP contribution in [-0.2, 0) is 0 Å². The Hall–Kier alpha value is -3.22. The third kappa shape index (κ3) is 3.88. The number of carbonyl (C=O) groups is 1. The van der Waals surface area contributed by atoms with E-state index in [1.54, 1.807) is 6.07 Å². The highest BCUT2D eigenvalue weighted by Gasteiger charge is 2.23. The molecule has 0 saturated carbocycles. The minimum Gasteiger partial charge on any atom is -0.438 e. The molecule has 134 valence electrons. The Morgan fingerprint density at radius 3 is 2.69 bits per heavy atom. The predicted octanol–water partition coefficient (Wildman–Crippen LogP) is 4.25. The van der Waals surface area contributed by atoms with E-state index < -0.39 is 16.9 Å². The maximum atomic E-state index is 12.6. The molecule has 0 aliphatic heterocycles. The lowest BCUT2D eigenvalue weighted by molar-refractivity contribution is -0.384. The highest BCUT2D eigenvalue weighted by atomic mass is 16.6. The molecule has 0 fully saturated rings. The molecule has 1 heterocycles. The van der Waals surface area contributed by atoms with Crippen molar-refractivity contribution in [1.82, 2.24) is 10.3 Å². The number of para-hydroxylation sites is 2. The van der Waals surface area contributed by atoms with Gasteiger partial charge in [-0.1, -0.05) is 32.0 Å². The summed E-state index contributed by atoms with van der Waals surface area (Å²) in [6.07, 6.45) is 0.632. The topological polar surface area (TPSA) is 98.3 Å². The summed E-state index contributed by atoms with van der Waals surface area (Å²) < 4.78 is 5.80. The van der Waals surface area contributed by atoms with Gasteiger partial charge in [-0.05, 0) is 30.5 Å². The maximum Gasteiger partial charge on any atom is 0.270 e. The first-order chi connectivity index (χ1) is 12.4. The highest BCUT2D eigenvalue weighted by molar-refractivity contribution is 5.95. The molecular weight excluding hydrogens is 334 g/mol. The minimum atomic E-state index is -0.525. The molecule has 3 aromatic rings. The molecule has 0 radical (unpaired) electrons. The van der Waals surface area contributed by atoms with Crippen LogP contribution in [0.4, 0.5) is 5.69 Å². The van der Waals surface area contributed by atoms with Crippen LogP contribution in [0.25, 0.3) is 11.1 Å². The summed E-state index contributed by atoms with van der Waals surface area (Å²) >= 11 is 0. The molecule has 7 nitrogen and oxygen atoms in total. The number of aromatic nitrogens is 1. The third-order valence-corrected chi connectivity index (χ3v) is 3.94. The number of carbonyl (C=O) groups excluding carboxylic acids is 1. The van der Waals surface area contributed by atoms with E-state index in [-0.39, 0.29) is 11.3 Å². The first kappa shape index (κ1) is 17.6. The summed E-state index contributed by atoms with van der Waals surface area (Å²) in [5.41, 5.74) is 1.48. The Morgan fingerprint density at radius 2 is 2.00 bits per heavy atom. The summed E-state index contributed by atoms with van der Waals surface area (Å²) in [6, 6.07) is 12.6. The zero-order chi connectivity index (χ0) is 18.7. The molecule has 0 aliphatic carbocycles. The molecule has 0 saturated heterocycles. The third-order valence-electron chi connectivity index (χ3n) is 3.94. The van der Waals surface area contributed by atoms with E-state index >= 15 is 0 Å². The summed E-state index contributed by atoms with van der Waals surface area (Å²) in [5, 5.41) is 13.8. The summed E-state index contributed by atoms with van der Waals surface area (Å²) in [5.74, 6) is 0.320. The van der Waals surface area contributed by atoms with Crippen LogP contribution < -0.4 is 5.32 Å². The molecule has 7 heteroatoms. The number of hydrogen-bond donors (Lipinski definition) is 1. The maximum absolute atomic E-state index is 12.6. The number of benzene rings is 2. The van der Waals surface area contributed by atoms with Gasteiger partial charge in [0.05, 0.1) is 4.92 Å². The van der Waals surface area contributed by atoms with Crippen molar-refractivity contribution in [2.45, 2.75) is 26.3 Å². The van der Waals surface area contributed by atoms with Gasteiger partial charge in [0.2, 0.25) is 5.89 Å². The quantitative estimate of drug-likeness (QED) is 0.527. The van der Waals surface area contributed by atoms with Gasteiger partial charge in [0.1, 0.15) is 11.6 Å². The van der Waals surface area contributed by atoms with E-state index in [0.717, 1.165) is 5.52 Å². The molecule has 1 amide bonds. The fourth-order valence-electron chi connectivity index (χ4n) is 2.73. The Morgan fingerprint density at radius 1 is 1.23 bits per heavy atom. The van der Waals surface area contributed by atoms with E-state index in [4.69, 9.17) is 4.42 Å². The minimum absolute atomic E-state index is 0.125. The molecule has 0 unspecified atom stereocenters. The van der Waals surface area contributed by atoms with Gasteiger partial charge < -0.3 is 9.73 Å². The van der Waals surface area contributed by atoms with Gasteiger partial charge in [0.15, 0.2) is 5.58 Å². The average Bonchev–Trinajstić information content (AvgIpc) is 3.05. The number of rotatable bonds is 6. The highest BCUT2D eigenvalue weighted by Crippen LogP contribution is 2.25. The molecule has 26 heavy (non-hydrogen) atoms. The number of nitrogens with one attached hydrogen (secondary N) is 1. The number of nitro groups is 1. The smallest absolute Gasteiger partial charge is 0.270 e. The number of fused-ring (bicyclic) bond motifs is 1. The number of hydrogen-bond acceptors (Lipinski definition) is 5. The van der Waals surface area contributed by atoms with Gasteiger partial charge in [-0.2, -0.15) is 0 Å². The zero-order valence-corrected chi connectivity index (χ0v) is 14.5. The van der Waals surface area contributed by atoms with Crippen LogP contribution in [-0.4, -0.2) is 15.8 Å².